The van der Waals surface area contributed by atoms with Gasteiger partial charge in [0.05, 0.1) is 36.8 Å². The van der Waals surface area contributed by atoms with E-state index in [1.807, 2.05) is 31.2 Å². The van der Waals surface area contributed by atoms with Crippen molar-refractivity contribution in [2.45, 2.75) is 6.92 Å². The second kappa shape index (κ2) is 8.23. The molecule has 0 radical (unpaired) electrons. The molecule has 25 heavy (non-hydrogen) atoms. The summed E-state index contributed by atoms with van der Waals surface area (Å²) in [6.45, 7) is 5.24. The number of nitrogens with one attached hydrogen (secondary N) is 1. The normalized spacial score (nSPS) is 14.2. The van der Waals surface area contributed by atoms with Crippen LogP contribution in [-0.2, 0) is 4.74 Å². The number of hydrogen-bond acceptors (Lipinski definition) is 4. The van der Waals surface area contributed by atoms with Gasteiger partial charge < -0.3 is 19.7 Å². The summed E-state index contributed by atoms with van der Waals surface area (Å²) >= 11 is 6.17. The molecular formula is C19H21ClN2O3. The number of halogens is 1. The lowest BCUT2D eigenvalue weighted by atomic mass is 10.1. The van der Waals surface area contributed by atoms with E-state index in [1.165, 1.54) is 0 Å². The van der Waals surface area contributed by atoms with Crippen molar-refractivity contribution < 1.29 is 14.3 Å². The minimum absolute atomic E-state index is 0.208. The number of amides is 1. The first-order valence-corrected chi connectivity index (χ1v) is 8.72. The van der Waals surface area contributed by atoms with E-state index in [0.29, 0.717) is 36.2 Å². The number of rotatable bonds is 5. The van der Waals surface area contributed by atoms with Crippen molar-refractivity contribution in [3.63, 3.8) is 0 Å². The number of carbonyl (C=O) groups excluding carboxylic acids is 1. The molecule has 0 atom stereocenters. The Labute approximate surface area is 152 Å². The quantitative estimate of drug-likeness (QED) is 0.880. The van der Waals surface area contributed by atoms with Crippen LogP contribution in [-0.4, -0.2) is 38.8 Å². The van der Waals surface area contributed by atoms with Crippen molar-refractivity contribution >= 4 is 28.9 Å². The smallest absolute Gasteiger partial charge is 0.259 e. The zero-order chi connectivity index (χ0) is 17.6. The molecule has 0 bridgehead atoms. The van der Waals surface area contributed by atoms with Gasteiger partial charge in [0, 0.05) is 18.1 Å². The van der Waals surface area contributed by atoms with Gasteiger partial charge in [-0.3, -0.25) is 4.79 Å². The Morgan fingerprint density at radius 1 is 1.24 bits per heavy atom. The molecular weight excluding hydrogens is 340 g/mol. The summed E-state index contributed by atoms with van der Waals surface area (Å²) in [5.41, 5.74) is 2.13. The second-order valence-electron chi connectivity index (χ2n) is 5.64. The average Bonchev–Trinajstić information content (AvgIpc) is 2.64. The molecule has 2 aromatic rings. The van der Waals surface area contributed by atoms with Crippen molar-refractivity contribution in [2.24, 2.45) is 0 Å². The van der Waals surface area contributed by atoms with Crippen LogP contribution in [0, 0.1) is 0 Å². The van der Waals surface area contributed by atoms with Crippen molar-refractivity contribution in [3.05, 3.63) is 53.1 Å². The van der Waals surface area contributed by atoms with E-state index in [9.17, 15) is 4.79 Å². The fraction of sp³-hybridized carbons (Fsp3) is 0.316. The molecule has 5 nitrogen and oxygen atoms in total. The van der Waals surface area contributed by atoms with Gasteiger partial charge in [0.15, 0.2) is 0 Å². The van der Waals surface area contributed by atoms with Crippen LogP contribution in [0.2, 0.25) is 5.02 Å². The lowest BCUT2D eigenvalue weighted by molar-refractivity contribution is 0.102. The van der Waals surface area contributed by atoms with Gasteiger partial charge in [0.25, 0.3) is 5.91 Å². The maximum absolute atomic E-state index is 12.8. The maximum Gasteiger partial charge on any atom is 0.259 e. The molecule has 1 saturated heterocycles. The predicted molar refractivity (Wildman–Crippen MR) is 100 cm³/mol. The highest BCUT2D eigenvalue weighted by Crippen LogP contribution is 2.31. The third-order valence-electron chi connectivity index (χ3n) is 3.99. The zero-order valence-electron chi connectivity index (χ0n) is 14.1. The number of ether oxygens (including phenoxy) is 2. The van der Waals surface area contributed by atoms with Crippen LogP contribution < -0.4 is 15.0 Å². The molecule has 3 rings (SSSR count). The summed E-state index contributed by atoms with van der Waals surface area (Å²) in [5, 5.41) is 3.62. The highest BCUT2D eigenvalue weighted by atomic mass is 35.5. The Bertz CT molecular complexity index is 745. The Morgan fingerprint density at radius 3 is 2.76 bits per heavy atom. The van der Waals surface area contributed by atoms with Crippen LogP contribution >= 0.6 is 11.6 Å². The van der Waals surface area contributed by atoms with Gasteiger partial charge in [-0.2, -0.15) is 0 Å². The van der Waals surface area contributed by atoms with Crippen molar-refractivity contribution in [1.29, 1.82) is 0 Å². The van der Waals surface area contributed by atoms with E-state index < -0.39 is 0 Å². The van der Waals surface area contributed by atoms with E-state index in [4.69, 9.17) is 21.1 Å². The number of carbonyl (C=O) groups is 1. The molecule has 1 aliphatic heterocycles. The third kappa shape index (κ3) is 4.24. The topological polar surface area (TPSA) is 50.8 Å². The summed E-state index contributed by atoms with van der Waals surface area (Å²) in [6.07, 6.45) is 0. The van der Waals surface area contributed by atoms with E-state index in [-0.39, 0.29) is 5.91 Å². The van der Waals surface area contributed by atoms with Gasteiger partial charge in [0.1, 0.15) is 5.75 Å². The van der Waals surface area contributed by atoms with Crippen LogP contribution in [0.15, 0.2) is 42.5 Å². The van der Waals surface area contributed by atoms with Crippen LogP contribution in [0.1, 0.15) is 17.3 Å². The van der Waals surface area contributed by atoms with Gasteiger partial charge in [-0.15, -0.1) is 0 Å². The largest absolute Gasteiger partial charge is 0.493 e. The minimum atomic E-state index is -0.208. The lowest BCUT2D eigenvalue weighted by Crippen LogP contribution is -2.36. The monoisotopic (exact) mass is 360 g/mol. The fourth-order valence-corrected chi connectivity index (χ4v) is 2.97. The number of morpholine rings is 1. The highest BCUT2D eigenvalue weighted by Gasteiger charge is 2.18. The number of para-hydroxylation sites is 1. The Kier molecular flexibility index (Phi) is 5.79. The molecule has 2 aromatic carbocycles. The number of anilines is 2. The van der Waals surface area contributed by atoms with Crippen LogP contribution in [0.5, 0.6) is 5.75 Å². The zero-order valence-corrected chi connectivity index (χ0v) is 14.9. The Balaban J connectivity index is 1.86. The van der Waals surface area contributed by atoms with E-state index in [0.717, 1.165) is 24.5 Å². The second-order valence-corrected chi connectivity index (χ2v) is 6.08. The highest BCUT2D eigenvalue weighted by molar-refractivity contribution is 6.31. The average molecular weight is 361 g/mol. The van der Waals surface area contributed by atoms with Gasteiger partial charge in [0.2, 0.25) is 0 Å². The fourth-order valence-electron chi connectivity index (χ4n) is 2.80. The predicted octanol–water partition coefficient (Wildman–Crippen LogP) is 3.83. The molecule has 6 heteroatoms. The Morgan fingerprint density at radius 2 is 2.00 bits per heavy atom. The molecule has 1 heterocycles. The molecule has 0 unspecified atom stereocenters. The number of nitrogens with zero attached hydrogens (tertiary/aromatic N) is 1. The molecule has 0 saturated carbocycles. The third-order valence-corrected chi connectivity index (χ3v) is 4.23. The van der Waals surface area contributed by atoms with Crippen LogP contribution in [0.25, 0.3) is 0 Å². The minimum Gasteiger partial charge on any atom is -0.493 e. The molecule has 0 aliphatic carbocycles. The summed E-state index contributed by atoms with van der Waals surface area (Å²) in [4.78, 5) is 14.9. The maximum atomic E-state index is 12.8. The van der Waals surface area contributed by atoms with E-state index in [1.54, 1.807) is 18.2 Å². The summed E-state index contributed by atoms with van der Waals surface area (Å²) < 4.78 is 11.0. The number of hydrogen-bond donors (Lipinski definition) is 1. The van der Waals surface area contributed by atoms with Gasteiger partial charge in [-0.1, -0.05) is 23.7 Å². The van der Waals surface area contributed by atoms with Gasteiger partial charge in [-0.05, 0) is 37.3 Å². The first-order chi connectivity index (χ1) is 12.2. The standard InChI is InChI=1S/C19H21ClN2O3/c1-2-25-18-6-4-3-5-15(18)19(23)21-16-8-7-14(20)13-17(16)22-9-11-24-12-10-22/h3-8,13H,2,9-12H2,1H3,(H,21,23). The van der Waals surface area contributed by atoms with E-state index >= 15 is 0 Å². The van der Waals surface area contributed by atoms with Crippen molar-refractivity contribution in [1.82, 2.24) is 0 Å². The molecule has 1 amide bonds. The molecule has 1 fully saturated rings. The molecule has 1 aliphatic rings. The number of benzene rings is 2. The van der Waals surface area contributed by atoms with Gasteiger partial charge >= 0.3 is 0 Å². The summed E-state index contributed by atoms with van der Waals surface area (Å²) in [6, 6.07) is 12.7. The SMILES string of the molecule is CCOc1ccccc1C(=O)Nc1ccc(Cl)cc1N1CCOCC1. The molecule has 132 valence electrons. The van der Waals surface area contributed by atoms with Crippen LogP contribution in [0.3, 0.4) is 0 Å². The molecule has 1 N–H and O–H groups in total. The van der Waals surface area contributed by atoms with Crippen molar-refractivity contribution in [2.75, 3.05) is 43.1 Å². The first kappa shape index (κ1) is 17.6. The Hall–Kier alpha value is -2.24. The summed E-state index contributed by atoms with van der Waals surface area (Å²) in [5.74, 6) is 0.366. The molecule has 0 aromatic heterocycles. The molecule has 0 spiro atoms. The van der Waals surface area contributed by atoms with E-state index in [2.05, 4.69) is 10.2 Å². The van der Waals surface area contributed by atoms with Crippen LogP contribution in [0.4, 0.5) is 11.4 Å². The lowest BCUT2D eigenvalue weighted by Gasteiger charge is -2.30. The first-order valence-electron chi connectivity index (χ1n) is 8.34. The van der Waals surface area contributed by atoms with Gasteiger partial charge in [-0.25, -0.2) is 0 Å². The summed E-state index contributed by atoms with van der Waals surface area (Å²) in [7, 11) is 0. The van der Waals surface area contributed by atoms with Crippen molar-refractivity contribution in [3.8, 4) is 5.75 Å².